The van der Waals surface area contributed by atoms with Gasteiger partial charge in [0, 0.05) is 26.1 Å². The summed E-state index contributed by atoms with van der Waals surface area (Å²) in [5, 5.41) is 3.49. The number of hydrogen-bond donors (Lipinski definition) is 1. The lowest BCUT2D eigenvalue weighted by molar-refractivity contribution is -0.129. The highest BCUT2D eigenvalue weighted by Gasteiger charge is 2.20. The van der Waals surface area contributed by atoms with Crippen LogP contribution in [-0.2, 0) is 11.3 Å². The molecule has 1 aliphatic heterocycles. The Balaban J connectivity index is 1.75. The Morgan fingerprint density at radius 1 is 1.53 bits per heavy atom. The molecule has 1 aliphatic rings. The van der Waals surface area contributed by atoms with Crippen LogP contribution in [0.4, 0.5) is 0 Å². The number of furan rings is 1. The molecular weight excluding hydrogens is 216 g/mol. The van der Waals surface area contributed by atoms with Crippen LogP contribution in [-0.4, -0.2) is 29.9 Å². The highest BCUT2D eigenvalue weighted by atomic mass is 16.3. The van der Waals surface area contributed by atoms with Crippen molar-refractivity contribution in [2.75, 3.05) is 13.1 Å². The van der Waals surface area contributed by atoms with E-state index >= 15 is 0 Å². The number of carbonyl (C=O) groups excluding carboxylic acids is 1. The Hall–Kier alpha value is -1.29. The van der Waals surface area contributed by atoms with Crippen molar-refractivity contribution in [3.8, 4) is 0 Å². The van der Waals surface area contributed by atoms with E-state index in [1.165, 1.54) is 5.56 Å². The summed E-state index contributed by atoms with van der Waals surface area (Å²) in [7, 11) is 0. The number of nitrogens with one attached hydrogen (secondary N) is 1. The minimum absolute atomic E-state index is 0.185. The molecule has 0 bridgehead atoms. The highest BCUT2D eigenvalue weighted by Crippen LogP contribution is 2.13. The largest absolute Gasteiger partial charge is 0.468 e. The number of hydrogen-bond acceptors (Lipinski definition) is 3. The Morgan fingerprint density at radius 2 is 2.24 bits per heavy atom. The lowest BCUT2D eigenvalue weighted by atomic mass is 10.0. The van der Waals surface area contributed by atoms with Crippen molar-refractivity contribution in [3.63, 3.8) is 0 Å². The van der Waals surface area contributed by atoms with Crippen LogP contribution in [0.5, 0.6) is 0 Å². The molecule has 1 fully saturated rings. The topological polar surface area (TPSA) is 45.5 Å². The van der Waals surface area contributed by atoms with Crippen LogP contribution < -0.4 is 5.32 Å². The molecule has 1 amide bonds. The van der Waals surface area contributed by atoms with Crippen molar-refractivity contribution in [1.29, 1.82) is 0 Å². The van der Waals surface area contributed by atoms with Gasteiger partial charge in [0.05, 0.1) is 12.8 Å². The molecule has 1 aromatic rings. The van der Waals surface area contributed by atoms with Crippen molar-refractivity contribution >= 4 is 5.91 Å². The summed E-state index contributed by atoms with van der Waals surface area (Å²) in [5.74, 6) is 1.20. The van der Waals surface area contributed by atoms with Gasteiger partial charge < -0.3 is 14.6 Å². The number of piperidine rings is 1. The highest BCUT2D eigenvalue weighted by molar-refractivity contribution is 5.73. The number of likely N-dealkylation sites (tertiary alicyclic amines) is 1. The summed E-state index contributed by atoms with van der Waals surface area (Å²) < 4.78 is 5.39. The molecule has 0 spiro atoms. The van der Waals surface area contributed by atoms with Crippen LogP contribution in [0.1, 0.15) is 31.1 Å². The number of nitrogens with zero attached hydrogens (tertiary/aromatic N) is 1. The molecular formula is C13H20N2O2. The average Bonchev–Trinajstić information content (AvgIpc) is 2.73. The summed E-state index contributed by atoms with van der Waals surface area (Å²) in [5.41, 5.74) is 1.19. The minimum atomic E-state index is 0.185. The SMILES string of the molecule is CC(=O)N1CCC(NCc2occc2C)CC1. The standard InChI is InChI=1S/C13H20N2O2/c1-10-5-8-17-13(10)9-14-12-3-6-15(7-4-12)11(2)16/h5,8,12,14H,3-4,6-7,9H2,1-2H3. The van der Waals surface area contributed by atoms with E-state index in [1.807, 2.05) is 11.0 Å². The molecule has 0 unspecified atom stereocenters. The summed E-state index contributed by atoms with van der Waals surface area (Å²) in [4.78, 5) is 13.1. The summed E-state index contributed by atoms with van der Waals surface area (Å²) >= 11 is 0. The van der Waals surface area contributed by atoms with Crippen LogP contribution >= 0.6 is 0 Å². The maximum atomic E-state index is 11.2. The van der Waals surface area contributed by atoms with Gasteiger partial charge in [0.15, 0.2) is 0 Å². The Bertz CT molecular complexity index is 379. The van der Waals surface area contributed by atoms with Gasteiger partial charge in [0.2, 0.25) is 5.91 Å². The van der Waals surface area contributed by atoms with Crippen molar-refractivity contribution in [1.82, 2.24) is 10.2 Å². The molecule has 0 saturated carbocycles. The molecule has 1 N–H and O–H groups in total. The van der Waals surface area contributed by atoms with Gasteiger partial charge >= 0.3 is 0 Å². The second-order valence-electron chi connectivity index (χ2n) is 4.69. The van der Waals surface area contributed by atoms with Crippen molar-refractivity contribution in [2.24, 2.45) is 0 Å². The lowest BCUT2D eigenvalue weighted by Gasteiger charge is -2.31. The zero-order valence-corrected chi connectivity index (χ0v) is 10.5. The second kappa shape index (κ2) is 5.36. The van der Waals surface area contributed by atoms with Gasteiger partial charge in [-0.3, -0.25) is 4.79 Å². The van der Waals surface area contributed by atoms with E-state index < -0.39 is 0 Å². The van der Waals surface area contributed by atoms with Crippen molar-refractivity contribution < 1.29 is 9.21 Å². The lowest BCUT2D eigenvalue weighted by Crippen LogP contribution is -2.43. The van der Waals surface area contributed by atoms with Gasteiger partial charge in [0.25, 0.3) is 0 Å². The first-order chi connectivity index (χ1) is 8.16. The van der Waals surface area contributed by atoms with Crippen LogP contribution in [0.15, 0.2) is 16.7 Å². The van der Waals surface area contributed by atoms with Crippen molar-refractivity contribution in [3.05, 3.63) is 23.7 Å². The average molecular weight is 236 g/mol. The first-order valence-corrected chi connectivity index (χ1v) is 6.18. The maximum absolute atomic E-state index is 11.2. The van der Waals surface area contributed by atoms with E-state index in [9.17, 15) is 4.79 Å². The molecule has 17 heavy (non-hydrogen) atoms. The molecule has 1 saturated heterocycles. The molecule has 4 nitrogen and oxygen atoms in total. The van der Waals surface area contributed by atoms with Crippen LogP contribution in [0.2, 0.25) is 0 Å². The first kappa shape index (κ1) is 12.2. The fourth-order valence-electron chi connectivity index (χ4n) is 2.22. The zero-order valence-electron chi connectivity index (χ0n) is 10.5. The number of carbonyl (C=O) groups is 1. The van der Waals surface area contributed by atoms with E-state index in [0.29, 0.717) is 6.04 Å². The number of amides is 1. The number of aryl methyl sites for hydroxylation is 1. The fourth-order valence-corrected chi connectivity index (χ4v) is 2.22. The molecule has 0 radical (unpaired) electrons. The monoisotopic (exact) mass is 236 g/mol. The third-order valence-corrected chi connectivity index (χ3v) is 3.46. The second-order valence-corrected chi connectivity index (χ2v) is 4.69. The Kier molecular flexibility index (Phi) is 3.84. The normalized spacial score (nSPS) is 17.4. The molecule has 4 heteroatoms. The molecule has 2 heterocycles. The zero-order chi connectivity index (χ0) is 12.3. The molecule has 1 aromatic heterocycles. The Labute approximate surface area is 102 Å². The molecule has 94 valence electrons. The van der Waals surface area contributed by atoms with Crippen molar-refractivity contribution in [2.45, 2.75) is 39.3 Å². The van der Waals surface area contributed by atoms with Gasteiger partial charge in [-0.1, -0.05) is 0 Å². The van der Waals surface area contributed by atoms with E-state index in [2.05, 4.69) is 12.2 Å². The van der Waals surface area contributed by atoms with E-state index in [4.69, 9.17) is 4.42 Å². The van der Waals surface area contributed by atoms with Crippen LogP contribution in [0, 0.1) is 6.92 Å². The number of rotatable bonds is 3. The molecule has 0 aliphatic carbocycles. The van der Waals surface area contributed by atoms with Crippen LogP contribution in [0.3, 0.4) is 0 Å². The molecule has 0 aromatic carbocycles. The fraction of sp³-hybridized carbons (Fsp3) is 0.615. The molecule has 0 atom stereocenters. The van der Waals surface area contributed by atoms with E-state index in [0.717, 1.165) is 38.2 Å². The molecule has 2 rings (SSSR count). The van der Waals surface area contributed by atoms with Gasteiger partial charge in [0.1, 0.15) is 5.76 Å². The van der Waals surface area contributed by atoms with Crippen LogP contribution in [0.25, 0.3) is 0 Å². The summed E-state index contributed by atoms with van der Waals surface area (Å²) in [6.45, 7) is 6.21. The van der Waals surface area contributed by atoms with Gasteiger partial charge in [-0.15, -0.1) is 0 Å². The van der Waals surface area contributed by atoms with E-state index in [-0.39, 0.29) is 5.91 Å². The summed E-state index contributed by atoms with van der Waals surface area (Å²) in [6, 6.07) is 2.48. The predicted molar refractivity (Wildman–Crippen MR) is 65.6 cm³/mol. The first-order valence-electron chi connectivity index (χ1n) is 6.18. The smallest absolute Gasteiger partial charge is 0.219 e. The third kappa shape index (κ3) is 3.09. The third-order valence-electron chi connectivity index (χ3n) is 3.46. The van der Waals surface area contributed by atoms with E-state index in [1.54, 1.807) is 13.2 Å². The quantitative estimate of drug-likeness (QED) is 0.868. The Morgan fingerprint density at radius 3 is 2.76 bits per heavy atom. The van der Waals surface area contributed by atoms with Gasteiger partial charge in [-0.2, -0.15) is 0 Å². The predicted octanol–water partition coefficient (Wildman–Crippen LogP) is 1.69. The summed E-state index contributed by atoms with van der Waals surface area (Å²) in [6.07, 6.45) is 3.78. The van der Waals surface area contributed by atoms with Gasteiger partial charge in [-0.25, -0.2) is 0 Å². The maximum Gasteiger partial charge on any atom is 0.219 e. The van der Waals surface area contributed by atoms with Gasteiger partial charge in [-0.05, 0) is 31.4 Å². The minimum Gasteiger partial charge on any atom is -0.468 e.